The molecule has 0 aliphatic carbocycles. The SMILES string of the molecule is CCn1c(CNC(=O)c2nc(CI)cnc2N)[n+](CC)c2ccc(C(=O)NCCCN)cc21. The van der Waals surface area contributed by atoms with Crippen LogP contribution in [0.4, 0.5) is 5.82 Å². The molecule has 0 atom stereocenters. The van der Waals surface area contributed by atoms with Crippen LogP contribution in [-0.4, -0.2) is 39.4 Å². The maximum Gasteiger partial charge on any atom is 0.277 e. The van der Waals surface area contributed by atoms with Crippen LogP contribution in [0.25, 0.3) is 11.0 Å². The number of carbonyl (C=O) groups is 2. The van der Waals surface area contributed by atoms with E-state index in [2.05, 4.69) is 52.3 Å². The molecule has 0 unspecified atom stereocenters. The van der Waals surface area contributed by atoms with Crippen LogP contribution in [0.5, 0.6) is 0 Å². The van der Waals surface area contributed by atoms with E-state index in [1.165, 1.54) is 0 Å². The zero-order valence-electron chi connectivity index (χ0n) is 18.9. The molecule has 0 saturated carbocycles. The molecule has 0 bridgehead atoms. The second kappa shape index (κ2) is 11.4. The summed E-state index contributed by atoms with van der Waals surface area (Å²) >= 11 is 2.16. The van der Waals surface area contributed by atoms with E-state index < -0.39 is 0 Å². The lowest BCUT2D eigenvalue weighted by Gasteiger charge is -2.07. The molecular weight excluding hydrogens is 535 g/mol. The number of halogens is 1. The summed E-state index contributed by atoms with van der Waals surface area (Å²) in [6.07, 6.45) is 2.30. The molecule has 1 aromatic carbocycles. The smallest absolute Gasteiger partial charge is 0.277 e. The number of nitrogen functional groups attached to an aromatic ring is 1. The number of anilines is 1. The zero-order valence-corrected chi connectivity index (χ0v) is 21.1. The van der Waals surface area contributed by atoms with Crippen molar-refractivity contribution in [3.8, 4) is 0 Å². The first-order chi connectivity index (χ1) is 15.9. The van der Waals surface area contributed by atoms with Crippen LogP contribution >= 0.6 is 22.6 Å². The lowest BCUT2D eigenvalue weighted by Crippen LogP contribution is -2.40. The van der Waals surface area contributed by atoms with Crippen molar-refractivity contribution in [2.45, 2.75) is 44.3 Å². The number of carbonyl (C=O) groups excluding carboxylic acids is 2. The zero-order chi connectivity index (χ0) is 24.0. The maximum absolute atomic E-state index is 12.8. The van der Waals surface area contributed by atoms with Crippen LogP contribution < -0.4 is 26.7 Å². The maximum atomic E-state index is 12.8. The van der Waals surface area contributed by atoms with Gasteiger partial charge in [0.15, 0.2) is 22.5 Å². The van der Waals surface area contributed by atoms with Crippen molar-refractivity contribution in [2.24, 2.45) is 5.73 Å². The molecule has 11 heteroatoms. The van der Waals surface area contributed by atoms with Crippen molar-refractivity contribution >= 4 is 51.3 Å². The second-order valence-electron chi connectivity index (χ2n) is 7.42. The van der Waals surface area contributed by atoms with Crippen LogP contribution in [0.15, 0.2) is 24.4 Å². The Labute approximate surface area is 206 Å². The molecule has 2 amide bonds. The monoisotopic (exact) mass is 565 g/mol. The van der Waals surface area contributed by atoms with Gasteiger partial charge in [0.05, 0.1) is 25.0 Å². The summed E-state index contributed by atoms with van der Waals surface area (Å²) in [5.74, 6) is 0.518. The highest BCUT2D eigenvalue weighted by Crippen LogP contribution is 2.18. The van der Waals surface area contributed by atoms with Gasteiger partial charge in [0.1, 0.15) is 6.54 Å². The minimum atomic E-state index is -0.373. The normalized spacial score (nSPS) is 11.0. The van der Waals surface area contributed by atoms with E-state index in [0.717, 1.165) is 23.3 Å². The van der Waals surface area contributed by atoms with E-state index in [4.69, 9.17) is 11.5 Å². The first-order valence-electron chi connectivity index (χ1n) is 10.9. The molecule has 10 nitrogen and oxygen atoms in total. The van der Waals surface area contributed by atoms with Crippen molar-refractivity contribution in [1.29, 1.82) is 0 Å². The van der Waals surface area contributed by atoms with Crippen molar-refractivity contribution in [2.75, 3.05) is 18.8 Å². The Morgan fingerprint density at radius 3 is 2.67 bits per heavy atom. The van der Waals surface area contributed by atoms with Gasteiger partial charge in [-0.15, -0.1) is 0 Å². The molecular formula is C22H30IN8O2+. The number of hydrogen-bond donors (Lipinski definition) is 4. The van der Waals surface area contributed by atoms with Gasteiger partial charge in [-0.1, -0.05) is 22.6 Å². The molecule has 3 aromatic rings. The highest BCUT2D eigenvalue weighted by Gasteiger charge is 2.25. The Bertz CT molecular complexity index is 1160. The highest BCUT2D eigenvalue weighted by molar-refractivity contribution is 14.1. The molecule has 0 fully saturated rings. The number of fused-ring (bicyclic) bond motifs is 1. The Balaban J connectivity index is 1.90. The van der Waals surface area contributed by atoms with Gasteiger partial charge in [-0.2, -0.15) is 0 Å². The molecule has 176 valence electrons. The summed E-state index contributed by atoms with van der Waals surface area (Å²) in [5.41, 5.74) is 14.7. The van der Waals surface area contributed by atoms with E-state index in [1.807, 2.05) is 32.0 Å². The Morgan fingerprint density at radius 1 is 1.21 bits per heavy atom. The van der Waals surface area contributed by atoms with Crippen molar-refractivity contribution in [3.63, 3.8) is 0 Å². The van der Waals surface area contributed by atoms with Gasteiger partial charge < -0.3 is 22.1 Å². The predicted molar refractivity (Wildman–Crippen MR) is 135 cm³/mol. The fraction of sp³-hybridized carbons (Fsp3) is 0.409. The standard InChI is InChI=1S/C22H29IN8O2/c1-3-30-16-7-6-14(21(32)26-9-5-8-24)10-17(16)31(4-2)18(30)13-28-22(33)19-20(25)27-12-15(11-23)29-19/h6-7,10,12H,3-5,8-9,11,13,24H2,1-2H3,(H3-,25,26,27,28,32,33)/p+1. The van der Waals surface area contributed by atoms with Crippen LogP contribution in [0.3, 0.4) is 0 Å². The number of aryl methyl sites for hydroxylation is 2. The lowest BCUT2D eigenvalue weighted by molar-refractivity contribution is -0.676. The van der Waals surface area contributed by atoms with Crippen LogP contribution in [0, 0.1) is 0 Å². The van der Waals surface area contributed by atoms with E-state index in [9.17, 15) is 9.59 Å². The van der Waals surface area contributed by atoms with Gasteiger partial charge in [-0.3, -0.25) is 9.59 Å². The number of benzene rings is 1. The lowest BCUT2D eigenvalue weighted by atomic mass is 10.2. The summed E-state index contributed by atoms with van der Waals surface area (Å²) in [6.45, 7) is 6.82. The second-order valence-corrected chi connectivity index (χ2v) is 8.18. The van der Waals surface area contributed by atoms with Gasteiger partial charge in [-0.05, 0) is 38.9 Å². The number of aromatic nitrogens is 4. The van der Waals surface area contributed by atoms with Crippen molar-refractivity contribution in [1.82, 2.24) is 25.2 Å². The van der Waals surface area contributed by atoms with Gasteiger partial charge in [-0.25, -0.2) is 19.1 Å². The molecule has 6 N–H and O–H groups in total. The van der Waals surface area contributed by atoms with Crippen LogP contribution in [-0.2, 0) is 24.1 Å². The Morgan fingerprint density at radius 2 is 2.00 bits per heavy atom. The average molecular weight is 565 g/mol. The fourth-order valence-corrected chi connectivity index (χ4v) is 4.11. The minimum absolute atomic E-state index is 0.103. The summed E-state index contributed by atoms with van der Waals surface area (Å²) < 4.78 is 4.87. The number of nitrogens with zero attached hydrogens (tertiary/aromatic N) is 4. The topological polar surface area (TPSA) is 145 Å². The number of nitrogens with two attached hydrogens (primary N) is 2. The van der Waals surface area contributed by atoms with Crippen molar-refractivity contribution in [3.05, 3.63) is 47.2 Å². The molecule has 0 aliphatic heterocycles. The highest BCUT2D eigenvalue weighted by atomic mass is 127. The quantitative estimate of drug-likeness (QED) is 0.126. The summed E-state index contributed by atoms with van der Waals surface area (Å²) in [5, 5.41) is 5.83. The van der Waals surface area contributed by atoms with Gasteiger partial charge in [0, 0.05) is 22.6 Å². The fourth-order valence-electron chi connectivity index (χ4n) is 3.75. The summed E-state index contributed by atoms with van der Waals surface area (Å²) in [4.78, 5) is 33.7. The van der Waals surface area contributed by atoms with Gasteiger partial charge >= 0.3 is 0 Å². The largest absolute Gasteiger partial charge is 0.382 e. The Kier molecular flexibility index (Phi) is 8.55. The molecule has 0 aliphatic rings. The summed E-state index contributed by atoms with van der Waals surface area (Å²) in [6, 6.07) is 5.66. The Hall–Kier alpha value is -2.80. The molecule has 33 heavy (non-hydrogen) atoms. The number of alkyl halides is 1. The third-order valence-corrected chi connectivity index (χ3v) is 6.13. The van der Waals surface area contributed by atoms with E-state index >= 15 is 0 Å². The molecule has 3 rings (SSSR count). The number of nitrogens with one attached hydrogen (secondary N) is 2. The molecule has 0 saturated heterocycles. The molecule has 2 aromatic heterocycles. The molecule has 0 radical (unpaired) electrons. The number of rotatable bonds is 10. The van der Waals surface area contributed by atoms with Gasteiger partial charge in [0.2, 0.25) is 0 Å². The van der Waals surface area contributed by atoms with E-state index in [-0.39, 0.29) is 29.9 Å². The number of imidazole rings is 1. The molecule has 0 spiro atoms. The third-order valence-electron chi connectivity index (χ3n) is 5.35. The first-order valence-corrected chi connectivity index (χ1v) is 12.5. The van der Waals surface area contributed by atoms with Gasteiger partial charge in [0.25, 0.3) is 17.6 Å². The van der Waals surface area contributed by atoms with E-state index in [0.29, 0.717) is 41.9 Å². The first kappa shape index (κ1) is 24.8. The predicted octanol–water partition coefficient (Wildman–Crippen LogP) is 1.28. The average Bonchev–Trinajstić information content (AvgIpc) is 3.14. The van der Waals surface area contributed by atoms with Crippen LogP contribution in [0.1, 0.15) is 52.6 Å². The summed E-state index contributed by atoms with van der Waals surface area (Å²) in [7, 11) is 0. The number of hydrogen-bond acceptors (Lipinski definition) is 6. The molecule has 2 heterocycles. The minimum Gasteiger partial charge on any atom is -0.382 e. The van der Waals surface area contributed by atoms with Crippen LogP contribution in [0.2, 0.25) is 0 Å². The number of amides is 2. The van der Waals surface area contributed by atoms with Crippen molar-refractivity contribution < 1.29 is 14.2 Å². The third kappa shape index (κ3) is 5.41. The van der Waals surface area contributed by atoms with E-state index in [1.54, 1.807) is 6.20 Å².